The average molecular weight is 469 g/mol. The molecule has 0 aliphatic rings. The first kappa shape index (κ1) is 23.6. The fourth-order valence-corrected chi connectivity index (χ4v) is 4.13. The van der Waals surface area contributed by atoms with Crippen molar-refractivity contribution < 1.29 is 26.3 Å². The van der Waals surface area contributed by atoms with E-state index in [0.717, 1.165) is 4.68 Å². The third-order valence-corrected chi connectivity index (χ3v) is 6.00. The van der Waals surface area contributed by atoms with Crippen LogP contribution in [-0.4, -0.2) is 50.8 Å². The molecule has 0 aliphatic carbocycles. The number of rotatable bonds is 8. The predicted octanol–water partition coefficient (Wildman–Crippen LogP) is 3.94. The molecule has 0 unspecified atom stereocenters. The monoisotopic (exact) mass is 468 g/mol. The summed E-state index contributed by atoms with van der Waals surface area (Å²) in [6.45, 7) is 0.190. The lowest BCUT2D eigenvalue weighted by molar-refractivity contribution is -0.143. The highest BCUT2D eigenvalue weighted by Gasteiger charge is 2.41. The normalized spacial score (nSPS) is 12.2. The van der Waals surface area contributed by atoms with Crippen molar-refractivity contribution in [3.05, 3.63) is 60.3 Å². The number of aromatic nitrogens is 2. The fourth-order valence-electron chi connectivity index (χ4n) is 3.09. The lowest BCUT2D eigenvalue weighted by Crippen LogP contribution is -2.23. The van der Waals surface area contributed by atoms with Gasteiger partial charge in [-0.25, -0.2) is 8.42 Å². The van der Waals surface area contributed by atoms with E-state index in [-0.39, 0.29) is 29.1 Å². The van der Waals surface area contributed by atoms with Gasteiger partial charge in [0.15, 0.2) is 11.5 Å². The molecule has 1 N–H and O–H groups in total. The molecule has 11 heteroatoms. The molecule has 0 amide bonds. The number of anilines is 1. The lowest BCUT2D eigenvalue weighted by Gasteiger charge is -2.15. The van der Waals surface area contributed by atoms with Crippen LogP contribution in [0.3, 0.4) is 0 Å². The van der Waals surface area contributed by atoms with Gasteiger partial charge in [0.05, 0.1) is 24.1 Å². The molecule has 0 atom stereocenters. The second kappa shape index (κ2) is 9.21. The van der Waals surface area contributed by atoms with Gasteiger partial charge in [0.1, 0.15) is 5.75 Å². The minimum atomic E-state index is -4.77. The molecule has 3 aromatic rings. The second-order valence-corrected chi connectivity index (χ2v) is 8.93. The Kier molecular flexibility index (Phi) is 6.79. The van der Waals surface area contributed by atoms with E-state index in [1.54, 1.807) is 25.1 Å². The number of alkyl halides is 3. The van der Waals surface area contributed by atoms with Crippen LogP contribution in [0.5, 0.6) is 5.75 Å². The van der Waals surface area contributed by atoms with Crippen molar-refractivity contribution in [2.45, 2.75) is 17.6 Å². The summed E-state index contributed by atoms with van der Waals surface area (Å²) in [6.07, 6.45) is -4.77. The first-order valence-electron chi connectivity index (χ1n) is 9.58. The van der Waals surface area contributed by atoms with Crippen LogP contribution in [0.1, 0.15) is 5.69 Å². The number of benzene rings is 2. The van der Waals surface area contributed by atoms with Crippen molar-refractivity contribution in [2.75, 3.05) is 32.5 Å². The average Bonchev–Trinajstić information content (AvgIpc) is 3.11. The molecule has 0 radical (unpaired) electrons. The number of likely N-dealkylation sites (N-methyl/N-ethyl adjacent to an activating group) is 1. The van der Waals surface area contributed by atoms with E-state index in [4.69, 9.17) is 4.74 Å². The summed E-state index contributed by atoms with van der Waals surface area (Å²) < 4.78 is 76.3. The summed E-state index contributed by atoms with van der Waals surface area (Å²) in [5.74, 6) is 0.0545. The second-order valence-electron chi connectivity index (χ2n) is 7.24. The maximum absolute atomic E-state index is 14.2. The molecular weight excluding hydrogens is 445 g/mol. The summed E-state index contributed by atoms with van der Waals surface area (Å²) in [6, 6.07) is 13.3. The molecule has 0 saturated heterocycles. The SMILES string of the molecule is COc1ccc(-c2c(NS(=O)(=O)c3ccccc3)nn(CCN(C)C)c2C(F)(F)F)cc1. The van der Waals surface area contributed by atoms with Crippen LogP contribution < -0.4 is 9.46 Å². The molecule has 0 aliphatic heterocycles. The van der Waals surface area contributed by atoms with Crippen molar-refractivity contribution >= 4 is 15.8 Å². The summed E-state index contributed by atoms with van der Waals surface area (Å²) in [5, 5.41) is 4.03. The zero-order valence-corrected chi connectivity index (χ0v) is 18.5. The number of ether oxygens (including phenoxy) is 1. The topological polar surface area (TPSA) is 76.5 Å². The van der Waals surface area contributed by atoms with Crippen molar-refractivity contribution in [2.24, 2.45) is 0 Å². The van der Waals surface area contributed by atoms with Crippen LogP contribution in [0, 0.1) is 0 Å². The number of sulfonamides is 1. The molecule has 0 bridgehead atoms. The number of halogens is 3. The van der Waals surface area contributed by atoms with Crippen molar-refractivity contribution in [1.82, 2.24) is 14.7 Å². The van der Waals surface area contributed by atoms with Crippen LogP contribution in [-0.2, 0) is 22.7 Å². The number of nitrogens with one attached hydrogen (secondary N) is 1. The van der Waals surface area contributed by atoms with Crippen LogP contribution in [0.4, 0.5) is 19.0 Å². The Labute approximate surface area is 184 Å². The molecule has 32 heavy (non-hydrogen) atoms. The zero-order valence-electron chi connectivity index (χ0n) is 17.7. The summed E-state index contributed by atoms with van der Waals surface area (Å²) in [7, 11) is 0.719. The lowest BCUT2D eigenvalue weighted by atomic mass is 10.0. The third kappa shape index (κ3) is 5.22. The first-order chi connectivity index (χ1) is 15.0. The Morgan fingerprint density at radius 1 is 1.06 bits per heavy atom. The number of methoxy groups -OCH3 is 1. The number of nitrogens with zero attached hydrogens (tertiary/aromatic N) is 3. The van der Waals surface area contributed by atoms with Crippen molar-refractivity contribution in [1.29, 1.82) is 0 Å². The van der Waals surface area contributed by atoms with Gasteiger partial charge in [0.2, 0.25) is 0 Å². The van der Waals surface area contributed by atoms with E-state index < -0.39 is 27.7 Å². The van der Waals surface area contributed by atoms with Crippen molar-refractivity contribution in [3.8, 4) is 16.9 Å². The molecule has 0 spiro atoms. The Morgan fingerprint density at radius 2 is 1.69 bits per heavy atom. The molecule has 0 fully saturated rings. The van der Waals surface area contributed by atoms with Crippen LogP contribution >= 0.6 is 0 Å². The Balaban J connectivity index is 2.20. The fraction of sp³-hybridized carbons (Fsp3) is 0.286. The molecule has 2 aromatic carbocycles. The highest BCUT2D eigenvalue weighted by atomic mass is 32.2. The van der Waals surface area contributed by atoms with E-state index in [1.807, 2.05) is 0 Å². The van der Waals surface area contributed by atoms with Crippen LogP contribution in [0.25, 0.3) is 11.1 Å². The minimum absolute atomic E-state index is 0.0853. The standard InChI is InChI=1S/C21H23F3N4O3S/c1-27(2)13-14-28-19(21(22,23)24)18(15-9-11-16(31-3)12-10-15)20(25-28)26-32(29,30)17-7-5-4-6-8-17/h4-12H,13-14H2,1-3H3,(H,25,26). The van der Waals surface area contributed by atoms with E-state index in [0.29, 0.717) is 5.75 Å². The Bertz CT molecular complexity index is 1160. The maximum atomic E-state index is 14.2. The molecular formula is C21H23F3N4O3S. The van der Waals surface area contributed by atoms with Gasteiger partial charge in [-0.1, -0.05) is 30.3 Å². The molecule has 1 heterocycles. The predicted molar refractivity (Wildman–Crippen MR) is 115 cm³/mol. The number of hydrogen-bond acceptors (Lipinski definition) is 5. The van der Waals surface area contributed by atoms with E-state index in [1.165, 1.54) is 55.6 Å². The summed E-state index contributed by atoms with van der Waals surface area (Å²) in [5.41, 5.74) is -1.23. The largest absolute Gasteiger partial charge is 0.497 e. The van der Waals surface area contributed by atoms with E-state index >= 15 is 0 Å². The van der Waals surface area contributed by atoms with Gasteiger partial charge in [-0.05, 0) is 43.9 Å². The Morgan fingerprint density at radius 3 is 2.22 bits per heavy atom. The third-order valence-electron chi connectivity index (χ3n) is 4.64. The smallest absolute Gasteiger partial charge is 0.433 e. The quantitative estimate of drug-likeness (QED) is 0.542. The molecule has 172 valence electrons. The molecule has 7 nitrogen and oxygen atoms in total. The van der Waals surface area contributed by atoms with Gasteiger partial charge in [-0.3, -0.25) is 9.40 Å². The van der Waals surface area contributed by atoms with Crippen LogP contribution in [0.15, 0.2) is 59.5 Å². The molecule has 3 rings (SSSR count). The first-order valence-corrected chi connectivity index (χ1v) is 11.1. The molecule has 0 saturated carbocycles. The zero-order chi connectivity index (χ0) is 23.5. The van der Waals surface area contributed by atoms with Gasteiger partial charge in [0, 0.05) is 6.54 Å². The Hall–Kier alpha value is -3.05. The summed E-state index contributed by atoms with van der Waals surface area (Å²) in [4.78, 5) is 1.62. The maximum Gasteiger partial charge on any atom is 0.433 e. The van der Waals surface area contributed by atoms with Gasteiger partial charge in [-0.15, -0.1) is 0 Å². The van der Waals surface area contributed by atoms with Gasteiger partial charge in [0.25, 0.3) is 10.0 Å². The van der Waals surface area contributed by atoms with Gasteiger partial charge in [-0.2, -0.15) is 18.3 Å². The summed E-state index contributed by atoms with van der Waals surface area (Å²) >= 11 is 0. The highest BCUT2D eigenvalue weighted by molar-refractivity contribution is 7.92. The van der Waals surface area contributed by atoms with Crippen molar-refractivity contribution in [3.63, 3.8) is 0 Å². The number of hydrogen-bond donors (Lipinski definition) is 1. The minimum Gasteiger partial charge on any atom is -0.497 e. The highest BCUT2D eigenvalue weighted by Crippen LogP contribution is 2.42. The van der Waals surface area contributed by atoms with E-state index in [9.17, 15) is 21.6 Å². The van der Waals surface area contributed by atoms with E-state index in [2.05, 4.69) is 9.82 Å². The van der Waals surface area contributed by atoms with Crippen LogP contribution in [0.2, 0.25) is 0 Å². The van der Waals surface area contributed by atoms with Gasteiger partial charge >= 0.3 is 6.18 Å². The van der Waals surface area contributed by atoms with Gasteiger partial charge < -0.3 is 9.64 Å². The molecule has 1 aromatic heterocycles.